The quantitative estimate of drug-likeness (QED) is 0.405. The summed E-state index contributed by atoms with van der Waals surface area (Å²) in [4.78, 5) is 17.7. The van der Waals surface area contributed by atoms with Crippen LogP contribution in [0.2, 0.25) is 0 Å². The summed E-state index contributed by atoms with van der Waals surface area (Å²) in [5.41, 5.74) is 6.44. The van der Waals surface area contributed by atoms with Gasteiger partial charge in [-0.15, -0.1) is 21.5 Å². The Morgan fingerprint density at radius 1 is 1.31 bits per heavy atom. The van der Waals surface area contributed by atoms with E-state index < -0.39 is 18.0 Å². The van der Waals surface area contributed by atoms with E-state index in [0.717, 1.165) is 5.01 Å². The average molecular weight is 495 g/mol. The van der Waals surface area contributed by atoms with E-state index >= 15 is 0 Å². The topological polar surface area (TPSA) is 119 Å². The van der Waals surface area contributed by atoms with Gasteiger partial charge in [-0.2, -0.15) is 0 Å². The lowest BCUT2D eigenvalue weighted by Crippen LogP contribution is -2.39. The summed E-state index contributed by atoms with van der Waals surface area (Å²) >= 11 is 1.48. The summed E-state index contributed by atoms with van der Waals surface area (Å²) in [6, 6.07) is 11.0. The number of carbonyl (C=O) groups is 1. The number of rotatable bonds is 7. The molecule has 2 aromatic carbocycles. The van der Waals surface area contributed by atoms with Crippen molar-refractivity contribution in [2.45, 2.75) is 32.3 Å². The highest BCUT2D eigenvalue weighted by molar-refractivity contribution is 7.13. The number of thiazole rings is 1. The third kappa shape index (κ3) is 4.53. The van der Waals surface area contributed by atoms with Gasteiger partial charge in [-0.1, -0.05) is 18.2 Å². The summed E-state index contributed by atoms with van der Waals surface area (Å²) in [6.07, 6.45) is 0.529. The van der Waals surface area contributed by atoms with E-state index in [1.807, 2.05) is 16.9 Å². The van der Waals surface area contributed by atoms with Crippen LogP contribution >= 0.6 is 11.3 Å². The van der Waals surface area contributed by atoms with Crippen LogP contribution in [0.25, 0.3) is 10.8 Å². The molecule has 0 saturated carbocycles. The van der Waals surface area contributed by atoms with Gasteiger partial charge in [0, 0.05) is 29.7 Å². The van der Waals surface area contributed by atoms with Gasteiger partial charge >= 0.3 is 0 Å². The lowest BCUT2D eigenvalue weighted by Gasteiger charge is -2.35. The normalized spacial score (nSPS) is 16.6. The van der Waals surface area contributed by atoms with E-state index in [1.54, 1.807) is 47.5 Å². The third-order valence-corrected chi connectivity index (χ3v) is 6.67. The Hall–Kier alpha value is -3.67. The van der Waals surface area contributed by atoms with Gasteiger partial charge in [-0.05, 0) is 36.8 Å². The first kappa shape index (κ1) is 23.1. The van der Waals surface area contributed by atoms with Crippen molar-refractivity contribution in [1.82, 2.24) is 24.6 Å². The molecule has 2 atom stereocenters. The number of hydrogen-bond acceptors (Lipinski definition) is 8. The molecule has 3 heterocycles. The molecule has 5 rings (SSSR count). The van der Waals surface area contributed by atoms with Gasteiger partial charge in [-0.3, -0.25) is 9.69 Å². The van der Waals surface area contributed by atoms with Crippen LogP contribution in [0, 0.1) is 5.82 Å². The highest BCUT2D eigenvalue weighted by Crippen LogP contribution is 2.33. The highest BCUT2D eigenvalue weighted by Gasteiger charge is 2.32. The number of amides is 1. The second-order valence-corrected chi connectivity index (χ2v) is 9.20. The number of aromatic nitrogens is 4. The van der Waals surface area contributed by atoms with Crippen LogP contribution in [-0.2, 0) is 13.2 Å². The fourth-order valence-corrected chi connectivity index (χ4v) is 4.88. The van der Waals surface area contributed by atoms with Crippen LogP contribution in [-0.4, -0.2) is 42.2 Å². The Labute approximate surface area is 204 Å². The van der Waals surface area contributed by atoms with Crippen molar-refractivity contribution in [2.75, 3.05) is 6.54 Å². The van der Waals surface area contributed by atoms with Gasteiger partial charge in [0.05, 0.1) is 12.1 Å². The number of nitrogens with zero attached hydrogens (tertiary/aromatic N) is 5. The number of para-hydroxylation sites is 1. The zero-order chi connectivity index (χ0) is 24.5. The summed E-state index contributed by atoms with van der Waals surface area (Å²) in [6.45, 7) is 2.85. The zero-order valence-corrected chi connectivity index (χ0v) is 19.7. The number of ether oxygens (including phenoxy) is 1. The maximum atomic E-state index is 14.8. The third-order valence-electron chi connectivity index (χ3n) is 5.91. The first-order valence-corrected chi connectivity index (χ1v) is 11.9. The van der Waals surface area contributed by atoms with Crippen molar-refractivity contribution in [3.05, 3.63) is 82.4 Å². The van der Waals surface area contributed by atoms with E-state index in [1.165, 1.54) is 17.4 Å². The predicted octanol–water partition coefficient (Wildman–Crippen LogP) is 3.29. The van der Waals surface area contributed by atoms with Crippen LogP contribution in [0.15, 0.2) is 54.0 Å². The molecular weight excluding hydrogens is 471 g/mol. The molecule has 2 unspecified atom stereocenters. The number of nitrogens with two attached hydrogens (primary N) is 1. The number of hydrogen-bond donors (Lipinski definition) is 2. The first-order valence-electron chi connectivity index (χ1n) is 11.0. The molecule has 9 nitrogen and oxygen atoms in total. The number of aliphatic hydroxyl groups is 1. The zero-order valence-electron chi connectivity index (χ0n) is 18.8. The van der Waals surface area contributed by atoms with E-state index in [9.17, 15) is 14.3 Å². The monoisotopic (exact) mass is 494 g/mol. The van der Waals surface area contributed by atoms with Crippen molar-refractivity contribution in [3.63, 3.8) is 0 Å². The minimum absolute atomic E-state index is 0.0535. The van der Waals surface area contributed by atoms with E-state index in [4.69, 9.17) is 10.5 Å². The van der Waals surface area contributed by atoms with Crippen LogP contribution in [0.3, 0.4) is 0 Å². The van der Waals surface area contributed by atoms with Crippen molar-refractivity contribution < 1.29 is 19.0 Å². The summed E-state index contributed by atoms with van der Waals surface area (Å²) in [5, 5.41) is 22.3. The number of primary amides is 1. The molecule has 1 aliphatic rings. The summed E-state index contributed by atoms with van der Waals surface area (Å²) in [7, 11) is 0. The minimum Gasteiger partial charge on any atom is -0.488 e. The Morgan fingerprint density at radius 3 is 2.91 bits per heavy atom. The fourth-order valence-electron chi connectivity index (χ4n) is 4.26. The maximum absolute atomic E-state index is 14.8. The van der Waals surface area contributed by atoms with Crippen LogP contribution in [0.1, 0.15) is 46.5 Å². The molecule has 180 valence electrons. The van der Waals surface area contributed by atoms with Crippen molar-refractivity contribution in [3.8, 4) is 16.6 Å². The second kappa shape index (κ2) is 9.53. The molecule has 3 N–H and O–H groups in total. The van der Waals surface area contributed by atoms with Gasteiger partial charge in [0.15, 0.2) is 10.8 Å². The predicted molar refractivity (Wildman–Crippen MR) is 127 cm³/mol. The molecule has 0 spiro atoms. The second-order valence-electron chi connectivity index (χ2n) is 8.30. The number of fused-ring (bicyclic) bond motifs is 1. The minimum atomic E-state index is -1.19. The molecule has 4 aromatic rings. The Morgan fingerprint density at radius 2 is 2.14 bits per heavy atom. The molecule has 0 radical (unpaired) electrons. The van der Waals surface area contributed by atoms with Gasteiger partial charge < -0.3 is 20.1 Å². The van der Waals surface area contributed by atoms with Gasteiger partial charge in [0.25, 0.3) is 5.91 Å². The fraction of sp³-hybridized carbons (Fsp3) is 0.250. The van der Waals surface area contributed by atoms with E-state index in [0.29, 0.717) is 36.1 Å². The Kier molecular flexibility index (Phi) is 6.29. The highest BCUT2D eigenvalue weighted by atomic mass is 32.1. The molecule has 11 heteroatoms. The largest absolute Gasteiger partial charge is 0.488 e. The molecule has 1 amide bonds. The Balaban J connectivity index is 1.34. The number of halogens is 1. The standard InChI is InChI=1S/C24H23FN6O3S/c1-14-11-30(12-20-28-29-22(31(14)20)23-27-8-9-35-23)24(33)17-10-15(6-7-18(17)25)13-34-19-5-3-2-4-16(19)21(26)32/h2-10,14,24,33H,11-13H2,1H3,(H2,26,32). The first-order chi connectivity index (χ1) is 16.9. The van der Waals surface area contributed by atoms with E-state index in [2.05, 4.69) is 15.2 Å². The maximum Gasteiger partial charge on any atom is 0.252 e. The van der Waals surface area contributed by atoms with Crippen molar-refractivity contribution in [1.29, 1.82) is 0 Å². The van der Waals surface area contributed by atoms with Crippen LogP contribution in [0.5, 0.6) is 5.75 Å². The molecule has 2 aromatic heterocycles. The average Bonchev–Trinajstić information content (AvgIpc) is 3.53. The molecule has 0 aliphatic carbocycles. The SMILES string of the molecule is CC1CN(C(O)c2cc(COc3ccccc3C(N)=O)ccc2F)Cc2nnc(-c3nccs3)n21. The van der Waals surface area contributed by atoms with E-state index in [-0.39, 0.29) is 23.8 Å². The molecule has 0 saturated heterocycles. The lowest BCUT2D eigenvalue weighted by molar-refractivity contribution is -0.0258. The molecule has 35 heavy (non-hydrogen) atoms. The Bertz CT molecular complexity index is 1360. The number of benzene rings is 2. The summed E-state index contributed by atoms with van der Waals surface area (Å²) in [5.74, 6) is 0.587. The summed E-state index contributed by atoms with van der Waals surface area (Å²) < 4.78 is 22.5. The molecule has 0 bridgehead atoms. The van der Waals surface area contributed by atoms with Gasteiger partial charge in [-0.25, -0.2) is 9.37 Å². The van der Waals surface area contributed by atoms with Gasteiger partial charge in [0.1, 0.15) is 30.2 Å². The molecular formula is C24H23FN6O3S. The van der Waals surface area contributed by atoms with Gasteiger partial charge in [0.2, 0.25) is 0 Å². The smallest absolute Gasteiger partial charge is 0.252 e. The molecule has 1 aliphatic heterocycles. The molecule has 0 fully saturated rings. The van der Waals surface area contributed by atoms with Crippen molar-refractivity contribution >= 4 is 17.2 Å². The van der Waals surface area contributed by atoms with Crippen LogP contribution in [0.4, 0.5) is 4.39 Å². The van der Waals surface area contributed by atoms with Crippen molar-refractivity contribution in [2.24, 2.45) is 5.73 Å². The lowest BCUT2D eigenvalue weighted by atomic mass is 10.1. The van der Waals surface area contributed by atoms with Crippen LogP contribution < -0.4 is 10.5 Å². The number of carbonyl (C=O) groups excluding carboxylic acids is 1. The number of aliphatic hydroxyl groups excluding tert-OH is 1.